The highest BCUT2D eigenvalue weighted by molar-refractivity contribution is 8.04. The summed E-state index contributed by atoms with van der Waals surface area (Å²) in [5, 5.41) is 10.9. The normalized spacial score (nSPS) is 15.5. The number of esters is 1. The molecule has 2 heterocycles. The number of rotatable bonds is 7. The Labute approximate surface area is 247 Å². The first-order valence-electron chi connectivity index (χ1n) is 13.2. The van der Waals surface area contributed by atoms with Gasteiger partial charge in [0.15, 0.2) is 5.57 Å². The van der Waals surface area contributed by atoms with Gasteiger partial charge in [0.1, 0.15) is 11.1 Å². The number of ether oxygens (including phenoxy) is 1. The molecule has 0 aliphatic carbocycles. The van der Waals surface area contributed by atoms with Crippen LogP contribution >= 0.6 is 23.5 Å². The van der Waals surface area contributed by atoms with Crippen molar-refractivity contribution >= 4 is 46.8 Å². The molecular weight excluding hydrogens is 541 g/mol. The summed E-state index contributed by atoms with van der Waals surface area (Å²) in [4.78, 5) is 32.6. The monoisotopic (exact) mass is 580 g/mol. The molecule has 214 valence electrons. The molecule has 4 rings (SSSR count). The van der Waals surface area contributed by atoms with Crippen molar-refractivity contribution in [3.63, 3.8) is 0 Å². The van der Waals surface area contributed by atoms with Crippen LogP contribution in [0.15, 0.2) is 79.5 Å². The number of thioether (sulfide) groups is 2. The van der Waals surface area contributed by atoms with Crippen LogP contribution in [0.2, 0.25) is 0 Å². The van der Waals surface area contributed by atoms with Crippen molar-refractivity contribution in [2.45, 2.75) is 58.3 Å². The van der Waals surface area contributed by atoms with E-state index in [4.69, 9.17) is 5.26 Å². The van der Waals surface area contributed by atoms with Crippen LogP contribution in [0, 0.1) is 11.3 Å². The van der Waals surface area contributed by atoms with Gasteiger partial charge < -0.3 is 19.4 Å². The zero-order chi connectivity index (χ0) is 28.5. The van der Waals surface area contributed by atoms with Gasteiger partial charge in [-0.2, -0.15) is 5.26 Å². The van der Waals surface area contributed by atoms with E-state index in [1.165, 1.54) is 29.5 Å². The molecular formula is C31H40N4O3S2. The van der Waals surface area contributed by atoms with Crippen LogP contribution in [-0.2, 0) is 14.3 Å². The third kappa shape index (κ3) is 6.86. The molecule has 0 bridgehead atoms. The molecule has 2 aliphatic heterocycles. The molecule has 9 heteroatoms. The quantitative estimate of drug-likeness (QED) is 0.192. The third-order valence-electron chi connectivity index (χ3n) is 6.39. The molecule has 2 aromatic rings. The van der Waals surface area contributed by atoms with E-state index in [-0.39, 0.29) is 18.9 Å². The van der Waals surface area contributed by atoms with Gasteiger partial charge in [0, 0.05) is 41.5 Å². The Morgan fingerprint density at radius 2 is 1.43 bits per heavy atom. The van der Waals surface area contributed by atoms with Crippen LogP contribution in [0.4, 0.5) is 11.4 Å². The molecule has 0 saturated heterocycles. The summed E-state index contributed by atoms with van der Waals surface area (Å²) < 4.78 is 4.65. The highest BCUT2D eigenvalue weighted by atomic mass is 32.2. The topological polar surface area (TPSA) is 76.9 Å². The molecule has 7 nitrogen and oxygen atoms in total. The number of likely N-dealkylation sites (N-methyl/N-ethyl adjacent to an activating group) is 1. The molecule has 0 saturated carbocycles. The molecule has 40 heavy (non-hydrogen) atoms. The van der Waals surface area contributed by atoms with Crippen molar-refractivity contribution in [3.8, 4) is 6.07 Å². The maximum Gasteiger partial charge on any atom is 0.351 e. The van der Waals surface area contributed by atoms with E-state index in [9.17, 15) is 9.59 Å². The molecule has 2 aliphatic rings. The second-order valence-corrected chi connectivity index (χ2v) is 10.8. The first-order valence-corrected chi connectivity index (χ1v) is 14.8. The zero-order valence-corrected chi connectivity index (χ0v) is 25.1. The fourth-order valence-electron chi connectivity index (χ4n) is 4.42. The lowest BCUT2D eigenvalue weighted by Crippen LogP contribution is -2.33. The summed E-state index contributed by atoms with van der Waals surface area (Å²) in [7, 11) is 1.28. The molecule has 0 spiro atoms. The van der Waals surface area contributed by atoms with Gasteiger partial charge in [-0.25, -0.2) is 4.79 Å². The van der Waals surface area contributed by atoms with Crippen molar-refractivity contribution in [1.29, 1.82) is 5.26 Å². The van der Waals surface area contributed by atoms with E-state index in [2.05, 4.69) is 40.8 Å². The Morgan fingerprint density at radius 3 is 1.90 bits per heavy atom. The number of fused-ring (bicyclic) bond motifs is 2. The Kier molecular flexibility index (Phi) is 12.7. The van der Waals surface area contributed by atoms with Crippen LogP contribution in [0.3, 0.4) is 0 Å². The van der Waals surface area contributed by atoms with Gasteiger partial charge in [-0.15, -0.1) is 0 Å². The summed E-state index contributed by atoms with van der Waals surface area (Å²) in [6.07, 6.45) is 1.06. The van der Waals surface area contributed by atoms with Gasteiger partial charge in [0.05, 0.1) is 23.5 Å². The second kappa shape index (κ2) is 15.4. The smallest absolute Gasteiger partial charge is 0.351 e. The van der Waals surface area contributed by atoms with Crippen LogP contribution < -0.4 is 9.80 Å². The van der Waals surface area contributed by atoms with Gasteiger partial charge in [-0.1, -0.05) is 62.1 Å². The lowest BCUT2D eigenvalue weighted by atomic mass is 10.2. The van der Waals surface area contributed by atoms with Crippen LogP contribution in [-0.4, -0.2) is 50.1 Å². The van der Waals surface area contributed by atoms with Gasteiger partial charge >= 0.3 is 5.97 Å². The van der Waals surface area contributed by atoms with Crippen LogP contribution in [0.1, 0.15) is 48.5 Å². The Balaban J connectivity index is 0.000000276. The minimum atomic E-state index is -0.591. The first-order chi connectivity index (χ1) is 18.9. The number of amides is 1. The highest BCUT2D eigenvalue weighted by Gasteiger charge is 2.30. The summed E-state index contributed by atoms with van der Waals surface area (Å²) in [6, 6.07) is 18.2. The molecule has 1 amide bonds. The largest absolute Gasteiger partial charge is 0.465 e. The summed E-state index contributed by atoms with van der Waals surface area (Å²) in [5.74, 6) is -0.442. The SMILES string of the molecule is C.CCCN1/C(=C(\C)C(=O)N(CC)CC)Sc2ccccc21.CCN1/C(=C(/C#N)C(=O)OC)Sc2ccccc21. The number of benzene rings is 2. The molecule has 0 atom stereocenters. The number of nitriles is 1. The number of hydrogen-bond donors (Lipinski definition) is 0. The fraction of sp³-hybridized carbons (Fsp3) is 0.387. The van der Waals surface area contributed by atoms with E-state index in [1.54, 1.807) is 11.8 Å². The van der Waals surface area contributed by atoms with E-state index in [1.807, 2.05) is 67.8 Å². The Morgan fingerprint density at radius 1 is 0.900 bits per heavy atom. The summed E-state index contributed by atoms with van der Waals surface area (Å²) in [6.45, 7) is 13.3. The van der Waals surface area contributed by atoms with E-state index in [0.29, 0.717) is 11.6 Å². The third-order valence-corrected chi connectivity index (χ3v) is 8.85. The van der Waals surface area contributed by atoms with Gasteiger partial charge in [0.2, 0.25) is 0 Å². The number of hydrogen-bond acceptors (Lipinski definition) is 8. The summed E-state index contributed by atoms with van der Waals surface area (Å²) in [5.41, 5.74) is 3.16. The number of carbonyl (C=O) groups is 2. The number of carbonyl (C=O) groups excluding carboxylic acids is 2. The number of nitrogens with zero attached hydrogens (tertiary/aromatic N) is 4. The fourth-order valence-corrected chi connectivity index (χ4v) is 6.80. The standard InChI is InChI=1S/C17H24N2OS.C13H12N2O2S.CH4/c1-5-12-19-14-10-8-9-11-15(14)21-17(19)13(4)16(20)18(6-2)7-3;1-3-15-10-6-4-5-7-11(10)18-12(15)9(8-14)13(16)17-2;/h8-11H,5-7,12H2,1-4H3;4-7H,3H2,1-2H3;1H4/b17-13-;12-9+;. The van der Waals surface area contributed by atoms with Gasteiger partial charge in [-0.3, -0.25) is 4.79 Å². The van der Waals surface area contributed by atoms with Crippen molar-refractivity contribution in [3.05, 3.63) is 69.7 Å². The molecule has 0 aromatic heterocycles. The average molecular weight is 581 g/mol. The minimum absolute atomic E-state index is 0. The van der Waals surface area contributed by atoms with Crippen molar-refractivity contribution in [1.82, 2.24) is 4.90 Å². The van der Waals surface area contributed by atoms with E-state index in [0.717, 1.165) is 47.2 Å². The molecule has 0 N–H and O–H groups in total. The minimum Gasteiger partial charge on any atom is -0.465 e. The highest BCUT2D eigenvalue weighted by Crippen LogP contribution is 2.48. The molecule has 0 unspecified atom stereocenters. The van der Waals surface area contributed by atoms with Gasteiger partial charge in [-0.05, 0) is 58.4 Å². The number of methoxy groups -OCH3 is 1. The maximum absolute atomic E-state index is 12.6. The average Bonchev–Trinajstić information content (AvgIpc) is 3.52. The Hall–Kier alpha value is -3.35. The van der Waals surface area contributed by atoms with Crippen molar-refractivity contribution in [2.24, 2.45) is 0 Å². The van der Waals surface area contributed by atoms with E-state index < -0.39 is 5.97 Å². The van der Waals surface area contributed by atoms with Gasteiger partial charge in [0.25, 0.3) is 5.91 Å². The van der Waals surface area contributed by atoms with Crippen LogP contribution in [0.25, 0.3) is 0 Å². The van der Waals surface area contributed by atoms with Crippen molar-refractivity contribution in [2.75, 3.05) is 43.1 Å². The molecule has 0 radical (unpaired) electrons. The Bertz CT molecular complexity index is 1310. The number of anilines is 2. The lowest BCUT2D eigenvalue weighted by molar-refractivity contribution is -0.135. The van der Waals surface area contributed by atoms with Crippen molar-refractivity contribution < 1.29 is 14.3 Å². The predicted molar refractivity (Wildman–Crippen MR) is 167 cm³/mol. The first kappa shape index (κ1) is 32.9. The zero-order valence-electron chi connectivity index (χ0n) is 23.5. The lowest BCUT2D eigenvalue weighted by Gasteiger charge is -2.24. The second-order valence-electron chi connectivity index (χ2n) is 8.73. The predicted octanol–water partition coefficient (Wildman–Crippen LogP) is 7.27. The maximum atomic E-state index is 12.6. The van der Waals surface area contributed by atoms with E-state index >= 15 is 0 Å². The molecule has 0 fully saturated rings. The number of para-hydroxylation sites is 2. The summed E-state index contributed by atoms with van der Waals surface area (Å²) >= 11 is 3.14. The van der Waals surface area contributed by atoms with Crippen LogP contribution in [0.5, 0.6) is 0 Å². The molecule has 2 aromatic carbocycles.